The lowest BCUT2D eigenvalue weighted by atomic mass is 9.93. The molecule has 2 atom stereocenters. The molecule has 1 aliphatic heterocycles. The summed E-state index contributed by atoms with van der Waals surface area (Å²) < 4.78 is 7.95. The Bertz CT molecular complexity index is 357. The monoisotopic (exact) mass is 223 g/mol. The van der Waals surface area contributed by atoms with Gasteiger partial charge in [0, 0.05) is 24.9 Å². The molecule has 1 fully saturated rings. The summed E-state index contributed by atoms with van der Waals surface area (Å²) in [5.74, 6) is 0. The average molecular weight is 223 g/mol. The smallest absolute Gasteiger partial charge is 0.0951 e. The first-order chi connectivity index (χ1) is 7.49. The van der Waals surface area contributed by atoms with Gasteiger partial charge in [0.25, 0.3) is 0 Å². The van der Waals surface area contributed by atoms with E-state index in [0.717, 1.165) is 25.1 Å². The van der Waals surface area contributed by atoms with Crippen LogP contribution in [0.4, 0.5) is 0 Å². The second kappa shape index (κ2) is 4.18. The fourth-order valence-electron chi connectivity index (χ4n) is 2.41. The van der Waals surface area contributed by atoms with E-state index in [4.69, 9.17) is 10.5 Å². The molecule has 90 valence electrons. The molecule has 2 rings (SSSR count). The molecule has 0 saturated carbocycles. The van der Waals surface area contributed by atoms with Crippen molar-refractivity contribution in [3.63, 3.8) is 0 Å². The van der Waals surface area contributed by atoms with Crippen molar-refractivity contribution in [1.29, 1.82) is 0 Å². The van der Waals surface area contributed by atoms with Crippen molar-refractivity contribution in [1.82, 2.24) is 9.55 Å². The van der Waals surface area contributed by atoms with E-state index in [-0.39, 0.29) is 11.6 Å². The van der Waals surface area contributed by atoms with Gasteiger partial charge in [-0.2, -0.15) is 0 Å². The molecule has 0 radical (unpaired) electrons. The average Bonchev–Trinajstić information content (AvgIpc) is 2.64. The van der Waals surface area contributed by atoms with Crippen LogP contribution < -0.4 is 5.73 Å². The Morgan fingerprint density at radius 1 is 1.62 bits per heavy atom. The van der Waals surface area contributed by atoms with E-state index < -0.39 is 0 Å². The molecule has 1 aromatic heterocycles. The molecule has 2 heterocycles. The zero-order chi connectivity index (χ0) is 11.8. The van der Waals surface area contributed by atoms with Gasteiger partial charge in [0.1, 0.15) is 0 Å². The molecule has 0 aromatic carbocycles. The van der Waals surface area contributed by atoms with E-state index in [1.165, 1.54) is 0 Å². The Morgan fingerprint density at radius 3 is 3.00 bits per heavy atom. The van der Waals surface area contributed by atoms with Crippen molar-refractivity contribution >= 4 is 0 Å². The predicted octanol–water partition coefficient (Wildman–Crippen LogP) is 2.03. The SMILES string of the molecule is C[C@@H](N)c1cncn1C1CCOC(C)(C)C1. The maximum absolute atomic E-state index is 5.94. The summed E-state index contributed by atoms with van der Waals surface area (Å²) in [6.07, 6.45) is 5.82. The summed E-state index contributed by atoms with van der Waals surface area (Å²) in [6.45, 7) is 7.09. The zero-order valence-electron chi connectivity index (χ0n) is 10.3. The highest BCUT2D eigenvalue weighted by Crippen LogP contribution is 2.33. The highest BCUT2D eigenvalue weighted by Gasteiger charge is 2.30. The largest absolute Gasteiger partial charge is 0.375 e. The molecule has 4 heteroatoms. The van der Waals surface area contributed by atoms with Gasteiger partial charge in [-0.05, 0) is 33.6 Å². The lowest BCUT2D eigenvalue weighted by molar-refractivity contribution is -0.0695. The van der Waals surface area contributed by atoms with Gasteiger partial charge in [-0.1, -0.05) is 0 Å². The number of imidazole rings is 1. The number of hydrogen-bond acceptors (Lipinski definition) is 3. The lowest BCUT2D eigenvalue weighted by Crippen LogP contribution is -2.35. The third kappa shape index (κ3) is 2.28. The quantitative estimate of drug-likeness (QED) is 0.834. The number of nitrogens with zero attached hydrogens (tertiary/aromatic N) is 2. The summed E-state index contributed by atoms with van der Waals surface area (Å²) in [5, 5.41) is 0. The highest BCUT2D eigenvalue weighted by molar-refractivity contribution is 5.05. The van der Waals surface area contributed by atoms with E-state index in [2.05, 4.69) is 23.4 Å². The van der Waals surface area contributed by atoms with Gasteiger partial charge in [0.05, 0.1) is 17.6 Å². The van der Waals surface area contributed by atoms with Crippen molar-refractivity contribution in [3.05, 3.63) is 18.2 Å². The van der Waals surface area contributed by atoms with Crippen molar-refractivity contribution in [2.45, 2.75) is 51.3 Å². The molecule has 4 nitrogen and oxygen atoms in total. The van der Waals surface area contributed by atoms with Crippen molar-refractivity contribution in [2.24, 2.45) is 5.73 Å². The number of rotatable bonds is 2. The first-order valence-electron chi connectivity index (χ1n) is 5.91. The van der Waals surface area contributed by atoms with E-state index in [0.29, 0.717) is 6.04 Å². The molecule has 1 saturated heterocycles. The number of aromatic nitrogens is 2. The summed E-state index contributed by atoms with van der Waals surface area (Å²) in [6, 6.07) is 0.501. The molecule has 2 N–H and O–H groups in total. The standard InChI is InChI=1S/C12H21N3O/c1-9(13)11-7-14-8-15(11)10-4-5-16-12(2,3)6-10/h7-10H,4-6,13H2,1-3H3/t9-,10?/m1/s1. The van der Waals surface area contributed by atoms with Crippen LogP contribution in [-0.4, -0.2) is 21.8 Å². The van der Waals surface area contributed by atoms with Crippen LogP contribution in [0.25, 0.3) is 0 Å². The minimum atomic E-state index is -0.0394. The molecule has 1 unspecified atom stereocenters. The van der Waals surface area contributed by atoms with Crippen LogP contribution in [0.5, 0.6) is 0 Å². The van der Waals surface area contributed by atoms with E-state index in [1.54, 1.807) is 0 Å². The minimum Gasteiger partial charge on any atom is -0.375 e. The molecule has 1 aromatic rings. The van der Waals surface area contributed by atoms with Crippen LogP contribution in [-0.2, 0) is 4.74 Å². The second-order valence-electron chi connectivity index (χ2n) is 5.27. The third-order valence-electron chi connectivity index (χ3n) is 3.23. The Hall–Kier alpha value is -0.870. The van der Waals surface area contributed by atoms with Gasteiger partial charge in [-0.15, -0.1) is 0 Å². The summed E-state index contributed by atoms with van der Waals surface area (Å²) in [4.78, 5) is 4.21. The fraction of sp³-hybridized carbons (Fsp3) is 0.750. The Kier molecular flexibility index (Phi) is 3.04. The normalized spacial score (nSPS) is 26.6. The van der Waals surface area contributed by atoms with Crippen LogP contribution in [0.2, 0.25) is 0 Å². The predicted molar refractivity (Wildman–Crippen MR) is 63.1 cm³/mol. The lowest BCUT2D eigenvalue weighted by Gasteiger charge is -2.36. The van der Waals surface area contributed by atoms with Crippen LogP contribution in [0.3, 0.4) is 0 Å². The molecule has 16 heavy (non-hydrogen) atoms. The van der Waals surface area contributed by atoms with Crippen molar-refractivity contribution < 1.29 is 4.74 Å². The van der Waals surface area contributed by atoms with Crippen LogP contribution >= 0.6 is 0 Å². The number of nitrogens with two attached hydrogens (primary N) is 1. The second-order valence-corrected chi connectivity index (χ2v) is 5.27. The summed E-state index contributed by atoms with van der Waals surface area (Å²) >= 11 is 0. The third-order valence-corrected chi connectivity index (χ3v) is 3.23. The first kappa shape index (κ1) is 11.6. The molecule has 0 spiro atoms. The minimum absolute atomic E-state index is 0.0356. The van der Waals surface area contributed by atoms with Crippen molar-refractivity contribution in [3.8, 4) is 0 Å². The van der Waals surface area contributed by atoms with Gasteiger partial charge in [-0.25, -0.2) is 4.98 Å². The zero-order valence-corrected chi connectivity index (χ0v) is 10.3. The van der Waals surface area contributed by atoms with Crippen LogP contribution in [0.1, 0.15) is 51.4 Å². The molecule has 1 aliphatic rings. The number of ether oxygens (including phenoxy) is 1. The molecular weight excluding hydrogens is 202 g/mol. The van der Waals surface area contributed by atoms with Gasteiger partial charge in [0.15, 0.2) is 0 Å². The summed E-state index contributed by atoms with van der Waals surface area (Å²) in [5.41, 5.74) is 7.02. The van der Waals surface area contributed by atoms with Gasteiger partial charge < -0.3 is 15.0 Å². The molecular formula is C12H21N3O. The van der Waals surface area contributed by atoms with Gasteiger partial charge in [0.2, 0.25) is 0 Å². The van der Waals surface area contributed by atoms with Crippen LogP contribution in [0.15, 0.2) is 12.5 Å². The van der Waals surface area contributed by atoms with Crippen molar-refractivity contribution in [2.75, 3.05) is 6.61 Å². The molecule has 0 bridgehead atoms. The van der Waals surface area contributed by atoms with Gasteiger partial charge >= 0.3 is 0 Å². The molecule has 0 amide bonds. The van der Waals surface area contributed by atoms with Gasteiger partial charge in [-0.3, -0.25) is 0 Å². The van der Waals surface area contributed by atoms with E-state index in [9.17, 15) is 0 Å². The van der Waals surface area contributed by atoms with E-state index in [1.807, 2.05) is 19.4 Å². The maximum Gasteiger partial charge on any atom is 0.0951 e. The molecule has 0 aliphatic carbocycles. The highest BCUT2D eigenvalue weighted by atomic mass is 16.5. The maximum atomic E-state index is 5.94. The number of hydrogen-bond donors (Lipinski definition) is 1. The Balaban J connectivity index is 2.20. The Morgan fingerprint density at radius 2 is 2.38 bits per heavy atom. The fourth-order valence-corrected chi connectivity index (χ4v) is 2.41. The van der Waals surface area contributed by atoms with Crippen LogP contribution in [0, 0.1) is 0 Å². The Labute approximate surface area is 96.8 Å². The first-order valence-corrected chi connectivity index (χ1v) is 5.91. The van der Waals surface area contributed by atoms with E-state index >= 15 is 0 Å². The summed E-state index contributed by atoms with van der Waals surface area (Å²) in [7, 11) is 0. The topological polar surface area (TPSA) is 53.1 Å².